The molecule has 2 unspecified atom stereocenters. The number of nitrogens with zero attached hydrogens (tertiary/aromatic N) is 3. The Kier molecular flexibility index (Phi) is 3.68. The number of ether oxygens (including phenoxy) is 1. The molecule has 5 heteroatoms. The van der Waals surface area contributed by atoms with Crippen molar-refractivity contribution >= 4 is 0 Å². The van der Waals surface area contributed by atoms with Gasteiger partial charge in [-0.2, -0.15) is 0 Å². The molecule has 0 saturated carbocycles. The fourth-order valence-electron chi connectivity index (χ4n) is 3.29. The van der Waals surface area contributed by atoms with Crippen LogP contribution in [-0.4, -0.2) is 67.7 Å². The lowest BCUT2D eigenvalue weighted by molar-refractivity contribution is -0.00349. The molecule has 3 fully saturated rings. The first kappa shape index (κ1) is 12.8. The summed E-state index contributed by atoms with van der Waals surface area (Å²) in [7, 11) is 3.72. The van der Waals surface area contributed by atoms with Crippen LogP contribution >= 0.6 is 0 Å². The summed E-state index contributed by atoms with van der Waals surface area (Å²) in [6.07, 6.45) is 1.85. The number of aromatic nitrogens is 1. The van der Waals surface area contributed by atoms with Crippen molar-refractivity contribution in [2.45, 2.75) is 12.1 Å². The molecule has 19 heavy (non-hydrogen) atoms. The Morgan fingerprint density at radius 2 is 2.16 bits per heavy atom. The Morgan fingerprint density at radius 3 is 2.74 bits per heavy atom. The van der Waals surface area contributed by atoms with Crippen LogP contribution in [0.3, 0.4) is 0 Å². The average Bonchev–Trinajstić information content (AvgIpc) is 2.50. The van der Waals surface area contributed by atoms with Gasteiger partial charge in [0.2, 0.25) is 0 Å². The fraction of sp³-hybridized carbons (Fsp3) is 0.643. The molecule has 3 aliphatic heterocycles. The van der Waals surface area contributed by atoms with Gasteiger partial charge in [-0.15, -0.1) is 0 Å². The standard InChI is InChI=1S/C14H22N4O/c1-15-13(14-12(19-2)4-3-5-16-14)11-10-17-6-8-18(11)9-7-17/h3-5,11,13,15H,6-10H2,1-2H3. The Bertz CT molecular complexity index is 431. The van der Waals surface area contributed by atoms with Crippen molar-refractivity contribution in [3.63, 3.8) is 0 Å². The van der Waals surface area contributed by atoms with Crippen LogP contribution in [0.5, 0.6) is 5.75 Å². The zero-order valence-electron chi connectivity index (χ0n) is 11.7. The second-order valence-corrected chi connectivity index (χ2v) is 5.26. The lowest BCUT2D eigenvalue weighted by atomic mass is 9.97. The summed E-state index contributed by atoms with van der Waals surface area (Å²) in [5.74, 6) is 0.875. The third-order valence-electron chi connectivity index (χ3n) is 4.33. The van der Waals surface area contributed by atoms with Crippen molar-refractivity contribution in [3.05, 3.63) is 24.0 Å². The summed E-state index contributed by atoms with van der Waals surface area (Å²) in [6.45, 7) is 5.85. The number of hydrogen-bond donors (Lipinski definition) is 1. The van der Waals surface area contributed by atoms with Crippen molar-refractivity contribution in [3.8, 4) is 5.75 Å². The molecule has 4 heterocycles. The van der Waals surface area contributed by atoms with E-state index in [-0.39, 0.29) is 6.04 Å². The zero-order valence-corrected chi connectivity index (χ0v) is 11.7. The normalized spacial score (nSPS) is 31.2. The van der Waals surface area contributed by atoms with E-state index in [1.807, 2.05) is 25.4 Å². The van der Waals surface area contributed by atoms with Gasteiger partial charge in [0.15, 0.2) is 0 Å². The van der Waals surface area contributed by atoms with Crippen LogP contribution in [0.1, 0.15) is 11.7 Å². The minimum absolute atomic E-state index is 0.222. The molecule has 2 bridgehead atoms. The van der Waals surface area contributed by atoms with Crippen molar-refractivity contribution in [1.82, 2.24) is 20.1 Å². The molecule has 0 amide bonds. The highest BCUT2D eigenvalue weighted by molar-refractivity contribution is 5.31. The Morgan fingerprint density at radius 1 is 1.37 bits per heavy atom. The largest absolute Gasteiger partial charge is 0.495 e. The lowest BCUT2D eigenvalue weighted by Crippen LogP contribution is -2.63. The number of piperazine rings is 3. The average molecular weight is 262 g/mol. The summed E-state index contributed by atoms with van der Waals surface area (Å²) in [5.41, 5.74) is 1.02. The van der Waals surface area contributed by atoms with E-state index in [0.717, 1.165) is 31.1 Å². The number of fused-ring (bicyclic) bond motifs is 3. The third kappa shape index (κ3) is 2.33. The minimum Gasteiger partial charge on any atom is -0.495 e. The molecular weight excluding hydrogens is 240 g/mol. The van der Waals surface area contributed by atoms with E-state index in [1.54, 1.807) is 7.11 Å². The maximum Gasteiger partial charge on any atom is 0.142 e. The molecule has 4 rings (SSSR count). The van der Waals surface area contributed by atoms with Crippen LogP contribution in [-0.2, 0) is 0 Å². The highest BCUT2D eigenvalue weighted by Gasteiger charge is 2.38. The van der Waals surface area contributed by atoms with Crippen molar-refractivity contribution in [1.29, 1.82) is 0 Å². The molecule has 1 N–H and O–H groups in total. The quantitative estimate of drug-likeness (QED) is 0.848. The van der Waals surface area contributed by atoms with Gasteiger partial charge in [-0.3, -0.25) is 14.8 Å². The van der Waals surface area contributed by atoms with Gasteiger partial charge in [-0.05, 0) is 19.2 Å². The van der Waals surface area contributed by atoms with E-state index < -0.39 is 0 Å². The fourth-order valence-corrected chi connectivity index (χ4v) is 3.29. The Hall–Kier alpha value is -1.17. The molecule has 3 saturated heterocycles. The molecule has 0 aliphatic carbocycles. The molecule has 0 radical (unpaired) electrons. The Labute approximate surface area is 114 Å². The van der Waals surface area contributed by atoms with Gasteiger partial charge in [-0.25, -0.2) is 0 Å². The molecule has 2 atom stereocenters. The van der Waals surface area contributed by atoms with Crippen LogP contribution in [0.25, 0.3) is 0 Å². The third-order valence-corrected chi connectivity index (χ3v) is 4.33. The first-order valence-electron chi connectivity index (χ1n) is 6.96. The summed E-state index contributed by atoms with van der Waals surface area (Å²) in [5, 5.41) is 3.44. The molecular formula is C14H22N4O. The SMILES string of the molecule is CNC(c1ncccc1OC)C1CN2CCN1CC2. The smallest absolute Gasteiger partial charge is 0.142 e. The van der Waals surface area contributed by atoms with Gasteiger partial charge in [0.1, 0.15) is 11.4 Å². The maximum atomic E-state index is 5.46. The summed E-state index contributed by atoms with van der Waals surface area (Å²) in [4.78, 5) is 9.67. The first-order valence-corrected chi connectivity index (χ1v) is 6.96. The second-order valence-electron chi connectivity index (χ2n) is 5.26. The first-order chi connectivity index (χ1) is 9.33. The van der Waals surface area contributed by atoms with E-state index in [1.165, 1.54) is 13.1 Å². The van der Waals surface area contributed by atoms with Crippen molar-refractivity contribution in [2.24, 2.45) is 0 Å². The van der Waals surface area contributed by atoms with E-state index in [4.69, 9.17) is 4.74 Å². The van der Waals surface area contributed by atoms with Crippen LogP contribution in [0.2, 0.25) is 0 Å². The molecule has 1 aromatic heterocycles. The minimum atomic E-state index is 0.222. The zero-order chi connectivity index (χ0) is 13.2. The van der Waals surface area contributed by atoms with Gasteiger partial charge in [0.25, 0.3) is 0 Å². The lowest BCUT2D eigenvalue weighted by Gasteiger charge is -2.50. The monoisotopic (exact) mass is 262 g/mol. The predicted molar refractivity (Wildman–Crippen MR) is 74.4 cm³/mol. The molecule has 104 valence electrons. The van der Waals surface area contributed by atoms with E-state index in [0.29, 0.717) is 6.04 Å². The number of nitrogens with one attached hydrogen (secondary N) is 1. The molecule has 0 aromatic carbocycles. The van der Waals surface area contributed by atoms with Crippen molar-refractivity contribution in [2.75, 3.05) is 46.9 Å². The number of pyridine rings is 1. The van der Waals surface area contributed by atoms with E-state index >= 15 is 0 Å². The Balaban J connectivity index is 1.88. The number of rotatable bonds is 4. The van der Waals surface area contributed by atoms with Gasteiger partial charge < -0.3 is 10.1 Å². The van der Waals surface area contributed by atoms with Gasteiger partial charge in [0.05, 0.1) is 13.2 Å². The predicted octanol–water partition coefficient (Wildman–Crippen LogP) is 0.351. The molecule has 1 aromatic rings. The van der Waals surface area contributed by atoms with Crippen LogP contribution in [0.4, 0.5) is 0 Å². The highest BCUT2D eigenvalue weighted by Crippen LogP contribution is 2.30. The number of likely N-dealkylation sites (N-methyl/N-ethyl adjacent to an activating group) is 1. The molecule has 3 aliphatic rings. The van der Waals surface area contributed by atoms with Crippen LogP contribution in [0.15, 0.2) is 18.3 Å². The summed E-state index contributed by atoms with van der Waals surface area (Å²) >= 11 is 0. The summed E-state index contributed by atoms with van der Waals surface area (Å²) in [6, 6.07) is 4.62. The van der Waals surface area contributed by atoms with Crippen LogP contribution < -0.4 is 10.1 Å². The number of methoxy groups -OCH3 is 1. The number of hydrogen-bond acceptors (Lipinski definition) is 5. The summed E-state index contributed by atoms with van der Waals surface area (Å²) < 4.78 is 5.46. The van der Waals surface area contributed by atoms with Crippen LogP contribution in [0, 0.1) is 0 Å². The van der Waals surface area contributed by atoms with E-state index in [9.17, 15) is 0 Å². The van der Waals surface area contributed by atoms with Gasteiger partial charge in [-0.1, -0.05) is 0 Å². The molecule has 0 spiro atoms. The highest BCUT2D eigenvalue weighted by atomic mass is 16.5. The van der Waals surface area contributed by atoms with Gasteiger partial charge >= 0.3 is 0 Å². The topological polar surface area (TPSA) is 40.6 Å². The maximum absolute atomic E-state index is 5.46. The second kappa shape index (κ2) is 5.45. The molecule has 5 nitrogen and oxygen atoms in total. The van der Waals surface area contributed by atoms with E-state index in [2.05, 4.69) is 20.1 Å². The van der Waals surface area contributed by atoms with Gasteiger partial charge in [0, 0.05) is 45.0 Å². The van der Waals surface area contributed by atoms with Crippen molar-refractivity contribution < 1.29 is 4.74 Å².